The minimum atomic E-state index is -0.915. The van der Waals surface area contributed by atoms with Crippen LogP contribution in [0.4, 0.5) is 0 Å². The molecular weight excluding hydrogens is 380 g/mol. The first-order valence-corrected chi connectivity index (χ1v) is 10.1. The Balaban J connectivity index is 1.69. The molecule has 3 aromatic rings. The molecule has 0 spiro atoms. The Bertz CT molecular complexity index is 1190. The normalized spacial score (nSPS) is 17.2. The number of aromatic carboxylic acids is 1. The molecule has 2 aliphatic heterocycles. The number of rotatable bonds is 3. The fourth-order valence-electron chi connectivity index (χ4n) is 4.20. The van der Waals surface area contributed by atoms with Crippen LogP contribution in [-0.2, 0) is 6.54 Å². The third kappa shape index (κ3) is 3.19. The van der Waals surface area contributed by atoms with Gasteiger partial charge in [-0.1, -0.05) is 31.2 Å². The van der Waals surface area contributed by atoms with Crippen molar-refractivity contribution in [2.75, 3.05) is 26.3 Å². The fraction of sp³-hybridized carbons (Fsp3) is 0.250. The fourth-order valence-corrected chi connectivity index (χ4v) is 4.20. The topological polar surface area (TPSA) is 71.9 Å². The van der Waals surface area contributed by atoms with E-state index in [0.717, 1.165) is 40.4 Å². The van der Waals surface area contributed by atoms with E-state index in [2.05, 4.69) is 17.9 Å². The van der Waals surface area contributed by atoms with Crippen molar-refractivity contribution in [3.8, 4) is 11.5 Å². The Morgan fingerprint density at radius 3 is 2.73 bits per heavy atom. The minimum Gasteiger partial charge on any atom is -0.486 e. The van der Waals surface area contributed by atoms with E-state index in [1.54, 1.807) is 0 Å². The molecule has 5 rings (SSSR count). The number of carboxylic acids is 1. The van der Waals surface area contributed by atoms with Gasteiger partial charge in [-0.2, -0.15) is 0 Å². The zero-order chi connectivity index (χ0) is 20.7. The van der Waals surface area contributed by atoms with Gasteiger partial charge in [-0.3, -0.25) is 4.90 Å². The van der Waals surface area contributed by atoms with Crippen molar-refractivity contribution >= 4 is 28.5 Å². The SMILES string of the molecule is CCN1CC(=Cc2ccc3c(c2)OCCO3)c2nc3ccccc3c(C(=O)O)c2C1. The summed E-state index contributed by atoms with van der Waals surface area (Å²) in [6.07, 6.45) is 2.08. The van der Waals surface area contributed by atoms with E-state index >= 15 is 0 Å². The largest absolute Gasteiger partial charge is 0.486 e. The zero-order valence-electron chi connectivity index (χ0n) is 16.7. The molecule has 6 nitrogen and oxygen atoms in total. The van der Waals surface area contributed by atoms with Gasteiger partial charge in [0.05, 0.1) is 16.8 Å². The standard InChI is InChI=1S/C24H22N2O4/c1-2-26-13-16(11-15-7-8-20-21(12-15)30-10-9-29-20)23-18(14-26)22(24(27)28)17-5-3-4-6-19(17)25-23/h3-8,11-12H,2,9-10,13-14H2,1H3,(H,27,28). The molecule has 3 heterocycles. The van der Waals surface area contributed by atoms with E-state index in [-0.39, 0.29) is 0 Å². The van der Waals surface area contributed by atoms with Crippen LogP contribution in [0.5, 0.6) is 11.5 Å². The quantitative estimate of drug-likeness (QED) is 0.712. The van der Waals surface area contributed by atoms with Crippen molar-refractivity contribution in [3.05, 3.63) is 64.8 Å². The van der Waals surface area contributed by atoms with Gasteiger partial charge in [0.2, 0.25) is 0 Å². The predicted molar refractivity (Wildman–Crippen MR) is 115 cm³/mol. The maximum absolute atomic E-state index is 12.2. The number of benzene rings is 2. The summed E-state index contributed by atoms with van der Waals surface area (Å²) in [5.74, 6) is 0.568. The lowest BCUT2D eigenvalue weighted by Crippen LogP contribution is -2.31. The molecule has 2 aliphatic rings. The van der Waals surface area contributed by atoms with Crippen LogP contribution in [0.3, 0.4) is 0 Å². The Morgan fingerprint density at radius 1 is 1.13 bits per heavy atom. The average Bonchev–Trinajstić information content (AvgIpc) is 2.77. The molecule has 1 aromatic heterocycles. The van der Waals surface area contributed by atoms with E-state index in [4.69, 9.17) is 14.5 Å². The van der Waals surface area contributed by atoms with E-state index in [1.807, 2.05) is 42.5 Å². The summed E-state index contributed by atoms with van der Waals surface area (Å²) in [6.45, 7) is 5.29. The highest BCUT2D eigenvalue weighted by atomic mass is 16.6. The summed E-state index contributed by atoms with van der Waals surface area (Å²) in [5.41, 5.74) is 4.57. The molecular formula is C24H22N2O4. The smallest absolute Gasteiger partial charge is 0.336 e. The first kappa shape index (κ1) is 18.6. The van der Waals surface area contributed by atoms with Crippen LogP contribution >= 0.6 is 0 Å². The third-order valence-corrected chi connectivity index (χ3v) is 5.64. The number of hydrogen-bond donors (Lipinski definition) is 1. The van der Waals surface area contributed by atoms with Gasteiger partial charge in [-0.25, -0.2) is 9.78 Å². The molecule has 152 valence electrons. The Hall–Kier alpha value is -3.38. The summed E-state index contributed by atoms with van der Waals surface area (Å²) in [7, 11) is 0. The number of fused-ring (bicyclic) bond motifs is 3. The molecule has 6 heteroatoms. The van der Waals surface area contributed by atoms with Gasteiger partial charge in [0.1, 0.15) is 13.2 Å². The second kappa shape index (κ2) is 7.46. The molecule has 30 heavy (non-hydrogen) atoms. The summed E-state index contributed by atoms with van der Waals surface area (Å²) in [4.78, 5) is 19.3. The number of likely N-dealkylation sites (N-methyl/N-ethyl adjacent to an activating group) is 1. The second-order valence-electron chi connectivity index (χ2n) is 7.51. The first-order chi connectivity index (χ1) is 14.6. The summed E-state index contributed by atoms with van der Waals surface area (Å²) in [6, 6.07) is 13.3. The van der Waals surface area contributed by atoms with Gasteiger partial charge in [-0.05, 0) is 42.0 Å². The van der Waals surface area contributed by atoms with E-state index in [0.29, 0.717) is 42.8 Å². The number of hydrogen-bond acceptors (Lipinski definition) is 5. The van der Waals surface area contributed by atoms with Crippen molar-refractivity contribution in [2.24, 2.45) is 0 Å². The molecule has 0 amide bonds. The maximum Gasteiger partial charge on any atom is 0.336 e. The number of nitrogens with zero attached hydrogens (tertiary/aromatic N) is 2. The van der Waals surface area contributed by atoms with Gasteiger partial charge >= 0.3 is 5.97 Å². The molecule has 0 unspecified atom stereocenters. The monoisotopic (exact) mass is 402 g/mol. The van der Waals surface area contributed by atoms with Crippen molar-refractivity contribution in [3.63, 3.8) is 0 Å². The third-order valence-electron chi connectivity index (χ3n) is 5.64. The lowest BCUT2D eigenvalue weighted by Gasteiger charge is -2.30. The van der Waals surface area contributed by atoms with Gasteiger partial charge in [-0.15, -0.1) is 0 Å². The van der Waals surface area contributed by atoms with Crippen LogP contribution in [0.15, 0.2) is 42.5 Å². The average molecular weight is 402 g/mol. The van der Waals surface area contributed by atoms with Gasteiger partial charge in [0.15, 0.2) is 11.5 Å². The first-order valence-electron chi connectivity index (χ1n) is 10.1. The molecule has 0 saturated carbocycles. The van der Waals surface area contributed by atoms with Crippen LogP contribution in [0.2, 0.25) is 0 Å². The molecule has 2 aromatic carbocycles. The molecule has 0 bridgehead atoms. The van der Waals surface area contributed by atoms with Crippen molar-refractivity contribution < 1.29 is 19.4 Å². The van der Waals surface area contributed by atoms with Gasteiger partial charge in [0, 0.05) is 24.0 Å². The van der Waals surface area contributed by atoms with Crippen LogP contribution < -0.4 is 9.47 Å². The zero-order valence-corrected chi connectivity index (χ0v) is 16.7. The number of carbonyl (C=O) groups is 1. The van der Waals surface area contributed by atoms with E-state index in [9.17, 15) is 9.90 Å². The molecule has 0 atom stereocenters. The molecule has 0 radical (unpaired) electrons. The van der Waals surface area contributed by atoms with Crippen LogP contribution in [0.1, 0.15) is 34.1 Å². The van der Waals surface area contributed by atoms with Gasteiger partial charge in [0.25, 0.3) is 0 Å². The van der Waals surface area contributed by atoms with Crippen molar-refractivity contribution in [2.45, 2.75) is 13.5 Å². The van der Waals surface area contributed by atoms with Crippen molar-refractivity contribution in [1.82, 2.24) is 9.88 Å². The van der Waals surface area contributed by atoms with Crippen LogP contribution in [0.25, 0.3) is 22.6 Å². The number of para-hydroxylation sites is 1. The van der Waals surface area contributed by atoms with E-state index < -0.39 is 5.97 Å². The molecule has 0 fully saturated rings. The Kier molecular flexibility index (Phi) is 4.64. The highest BCUT2D eigenvalue weighted by Crippen LogP contribution is 2.36. The maximum atomic E-state index is 12.2. The van der Waals surface area contributed by atoms with Crippen LogP contribution in [-0.4, -0.2) is 47.3 Å². The van der Waals surface area contributed by atoms with Crippen LogP contribution in [0, 0.1) is 0 Å². The van der Waals surface area contributed by atoms with Gasteiger partial charge < -0.3 is 14.6 Å². The minimum absolute atomic E-state index is 0.349. The summed E-state index contributed by atoms with van der Waals surface area (Å²) in [5, 5.41) is 10.7. The number of aromatic nitrogens is 1. The van der Waals surface area contributed by atoms with Crippen molar-refractivity contribution in [1.29, 1.82) is 0 Å². The number of pyridine rings is 1. The number of ether oxygens (including phenoxy) is 2. The summed E-state index contributed by atoms with van der Waals surface area (Å²) >= 11 is 0. The van der Waals surface area contributed by atoms with E-state index in [1.165, 1.54) is 0 Å². The lowest BCUT2D eigenvalue weighted by atomic mass is 9.92. The Morgan fingerprint density at radius 2 is 1.93 bits per heavy atom. The molecule has 1 N–H and O–H groups in total. The molecule has 0 aliphatic carbocycles. The predicted octanol–water partition coefficient (Wildman–Crippen LogP) is 4.08. The highest BCUT2D eigenvalue weighted by molar-refractivity contribution is 6.06. The second-order valence-corrected chi connectivity index (χ2v) is 7.51. The lowest BCUT2D eigenvalue weighted by molar-refractivity contribution is 0.0696. The Labute approximate surface area is 174 Å². The number of carboxylic acid groups (broad SMARTS) is 1. The highest BCUT2D eigenvalue weighted by Gasteiger charge is 2.28. The summed E-state index contributed by atoms with van der Waals surface area (Å²) < 4.78 is 11.3. The molecule has 0 saturated heterocycles.